The van der Waals surface area contributed by atoms with E-state index in [0.29, 0.717) is 0 Å². The lowest BCUT2D eigenvalue weighted by atomic mass is 9.95. The zero-order chi connectivity index (χ0) is 13.4. The van der Waals surface area contributed by atoms with E-state index in [1.807, 2.05) is 0 Å². The summed E-state index contributed by atoms with van der Waals surface area (Å²) in [6.07, 6.45) is 6.71. The van der Waals surface area contributed by atoms with Crippen molar-refractivity contribution < 1.29 is 9.47 Å². The average Bonchev–Trinajstić information content (AvgIpc) is 3.01. The predicted molar refractivity (Wildman–Crippen MR) is 78.1 cm³/mol. The molecule has 3 atom stereocenters. The van der Waals surface area contributed by atoms with Gasteiger partial charge >= 0.3 is 0 Å². The Kier molecular flexibility index (Phi) is 3.31. The van der Waals surface area contributed by atoms with Crippen LogP contribution in [0.15, 0.2) is 18.2 Å². The minimum atomic E-state index is 0.740. The van der Waals surface area contributed by atoms with E-state index in [0.717, 1.165) is 55.6 Å². The fraction of sp³-hybridized carbons (Fsp3) is 0.647. The second kappa shape index (κ2) is 5.28. The molecule has 0 spiro atoms. The SMILES string of the molecule is c1cc2c(cc1CNC1CC3CCC1C3)OCCCO2. The van der Waals surface area contributed by atoms with Crippen molar-refractivity contribution in [2.45, 2.75) is 44.7 Å². The number of hydrogen-bond acceptors (Lipinski definition) is 3. The Morgan fingerprint density at radius 2 is 1.95 bits per heavy atom. The van der Waals surface area contributed by atoms with Gasteiger partial charge in [0, 0.05) is 19.0 Å². The van der Waals surface area contributed by atoms with Crippen LogP contribution in [0, 0.1) is 11.8 Å². The van der Waals surface area contributed by atoms with E-state index < -0.39 is 0 Å². The molecule has 0 saturated heterocycles. The average molecular weight is 273 g/mol. The van der Waals surface area contributed by atoms with Gasteiger partial charge in [-0.15, -0.1) is 0 Å². The predicted octanol–water partition coefficient (Wildman–Crippen LogP) is 3.13. The standard InChI is InChI=1S/C17H23NO2/c1-6-19-16-5-3-13(10-17(16)20-7-1)11-18-15-9-12-2-4-14(15)8-12/h3,5,10,12,14-15,18H,1-2,4,6-9,11H2. The van der Waals surface area contributed by atoms with Gasteiger partial charge in [0.1, 0.15) is 0 Å². The topological polar surface area (TPSA) is 30.5 Å². The lowest BCUT2D eigenvalue weighted by Crippen LogP contribution is -2.33. The molecule has 2 saturated carbocycles. The molecule has 4 rings (SSSR count). The van der Waals surface area contributed by atoms with Gasteiger partial charge in [-0.2, -0.15) is 0 Å². The van der Waals surface area contributed by atoms with Gasteiger partial charge in [-0.25, -0.2) is 0 Å². The van der Waals surface area contributed by atoms with Crippen LogP contribution in [0.2, 0.25) is 0 Å². The summed E-state index contributed by atoms with van der Waals surface area (Å²) in [5.74, 6) is 3.74. The maximum absolute atomic E-state index is 5.76. The molecule has 1 N–H and O–H groups in total. The van der Waals surface area contributed by atoms with Gasteiger partial charge in [-0.05, 0) is 48.8 Å². The van der Waals surface area contributed by atoms with Crippen LogP contribution in [-0.4, -0.2) is 19.3 Å². The molecule has 0 aromatic heterocycles. The summed E-state index contributed by atoms with van der Waals surface area (Å²) >= 11 is 0. The molecule has 1 aromatic rings. The Balaban J connectivity index is 1.40. The first-order valence-electron chi connectivity index (χ1n) is 8.00. The number of nitrogens with one attached hydrogen (secondary N) is 1. The van der Waals surface area contributed by atoms with Crippen LogP contribution in [0.4, 0.5) is 0 Å². The number of rotatable bonds is 3. The van der Waals surface area contributed by atoms with Crippen LogP contribution < -0.4 is 14.8 Å². The Morgan fingerprint density at radius 1 is 1.05 bits per heavy atom. The van der Waals surface area contributed by atoms with Crippen molar-refractivity contribution >= 4 is 0 Å². The van der Waals surface area contributed by atoms with Crippen LogP contribution in [0.1, 0.15) is 37.7 Å². The van der Waals surface area contributed by atoms with Gasteiger partial charge in [0.05, 0.1) is 13.2 Å². The molecule has 108 valence electrons. The Bertz CT molecular complexity index is 488. The van der Waals surface area contributed by atoms with Crippen molar-refractivity contribution in [2.24, 2.45) is 11.8 Å². The van der Waals surface area contributed by atoms with Crippen molar-refractivity contribution in [3.05, 3.63) is 23.8 Å². The van der Waals surface area contributed by atoms with E-state index in [1.165, 1.54) is 31.2 Å². The Morgan fingerprint density at radius 3 is 2.75 bits per heavy atom. The van der Waals surface area contributed by atoms with Crippen LogP contribution >= 0.6 is 0 Å². The highest BCUT2D eigenvalue weighted by molar-refractivity contribution is 5.43. The largest absolute Gasteiger partial charge is 0.490 e. The molecule has 3 aliphatic rings. The summed E-state index contributed by atoms with van der Waals surface area (Å²) in [7, 11) is 0. The molecule has 2 bridgehead atoms. The summed E-state index contributed by atoms with van der Waals surface area (Å²) in [6.45, 7) is 2.47. The fourth-order valence-corrected chi connectivity index (χ4v) is 4.06. The van der Waals surface area contributed by atoms with E-state index >= 15 is 0 Å². The van der Waals surface area contributed by atoms with Gasteiger partial charge < -0.3 is 14.8 Å². The fourth-order valence-electron chi connectivity index (χ4n) is 4.06. The Hall–Kier alpha value is -1.22. The lowest BCUT2D eigenvalue weighted by Gasteiger charge is -2.23. The zero-order valence-electron chi connectivity index (χ0n) is 11.9. The maximum atomic E-state index is 5.76. The van der Waals surface area contributed by atoms with Crippen LogP contribution in [0.3, 0.4) is 0 Å². The highest BCUT2D eigenvalue weighted by atomic mass is 16.5. The summed E-state index contributed by atoms with van der Waals surface area (Å²) < 4.78 is 11.4. The quantitative estimate of drug-likeness (QED) is 0.918. The van der Waals surface area contributed by atoms with Gasteiger partial charge in [-0.3, -0.25) is 0 Å². The summed E-state index contributed by atoms with van der Waals surface area (Å²) in [5, 5.41) is 3.76. The minimum Gasteiger partial charge on any atom is -0.490 e. The molecule has 1 heterocycles. The van der Waals surface area contributed by atoms with Crippen molar-refractivity contribution in [1.29, 1.82) is 0 Å². The maximum Gasteiger partial charge on any atom is 0.161 e. The molecule has 2 aliphatic carbocycles. The highest BCUT2D eigenvalue weighted by Gasteiger charge is 2.38. The van der Waals surface area contributed by atoms with Gasteiger partial charge in [0.25, 0.3) is 0 Å². The molecule has 3 nitrogen and oxygen atoms in total. The normalized spacial score (nSPS) is 31.3. The van der Waals surface area contributed by atoms with Crippen molar-refractivity contribution in [3.8, 4) is 11.5 Å². The van der Waals surface area contributed by atoms with Gasteiger partial charge in [-0.1, -0.05) is 12.5 Å². The third kappa shape index (κ3) is 2.39. The monoisotopic (exact) mass is 273 g/mol. The van der Waals surface area contributed by atoms with Crippen molar-refractivity contribution in [1.82, 2.24) is 5.32 Å². The number of ether oxygens (including phenoxy) is 2. The number of fused-ring (bicyclic) bond motifs is 3. The second-order valence-corrected chi connectivity index (χ2v) is 6.49. The van der Waals surface area contributed by atoms with E-state index in [2.05, 4.69) is 23.5 Å². The van der Waals surface area contributed by atoms with E-state index in [9.17, 15) is 0 Å². The molecule has 1 aromatic carbocycles. The van der Waals surface area contributed by atoms with Gasteiger partial charge in [0.2, 0.25) is 0 Å². The van der Waals surface area contributed by atoms with Crippen molar-refractivity contribution in [2.75, 3.05) is 13.2 Å². The second-order valence-electron chi connectivity index (χ2n) is 6.49. The number of hydrogen-bond donors (Lipinski definition) is 1. The Labute approximate surface area is 120 Å². The van der Waals surface area contributed by atoms with Crippen molar-refractivity contribution in [3.63, 3.8) is 0 Å². The molecule has 2 fully saturated rings. The molecule has 3 unspecified atom stereocenters. The third-order valence-corrected chi connectivity index (χ3v) is 5.12. The summed E-state index contributed by atoms with van der Waals surface area (Å²) in [5.41, 5.74) is 1.30. The molecule has 3 heteroatoms. The lowest BCUT2D eigenvalue weighted by molar-refractivity contribution is 0.297. The molecular formula is C17H23NO2. The highest BCUT2D eigenvalue weighted by Crippen LogP contribution is 2.44. The number of benzene rings is 1. The van der Waals surface area contributed by atoms with Crippen LogP contribution in [0.25, 0.3) is 0 Å². The molecule has 0 radical (unpaired) electrons. The third-order valence-electron chi connectivity index (χ3n) is 5.12. The minimum absolute atomic E-state index is 0.740. The van der Waals surface area contributed by atoms with E-state index in [1.54, 1.807) is 0 Å². The van der Waals surface area contributed by atoms with E-state index in [4.69, 9.17) is 9.47 Å². The summed E-state index contributed by atoms with van der Waals surface area (Å²) in [6, 6.07) is 7.09. The van der Waals surface area contributed by atoms with Crippen LogP contribution in [0.5, 0.6) is 11.5 Å². The van der Waals surface area contributed by atoms with Crippen LogP contribution in [-0.2, 0) is 6.54 Å². The molecular weight excluding hydrogens is 250 g/mol. The zero-order valence-corrected chi connectivity index (χ0v) is 11.9. The summed E-state index contributed by atoms with van der Waals surface area (Å²) in [4.78, 5) is 0. The van der Waals surface area contributed by atoms with Gasteiger partial charge in [0.15, 0.2) is 11.5 Å². The molecule has 1 aliphatic heterocycles. The first-order valence-corrected chi connectivity index (χ1v) is 8.00. The smallest absolute Gasteiger partial charge is 0.161 e. The molecule has 0 amide bonds. The molecule has 20 heavy (non-hydrogen) atoms. The first-order chi connectivity index (χ1) is 9.88. The van der Waals surface area contributed by atoms with E-state index in [-0.39, 0.29) is 0 Å². The first kappa shape index (κ1) is 12.5.